The van der Waals surface area contributed by atoms with Crippen LogP contribution in [0.25, 0.3) is 0 Å². The molecule has 3 N–H and O–H groups in total. The minimum atomic E-state index is -0.219. The highest BCUT2D eigenvalue weighted by Crippen LogP contribution is 2.10. The fraction of sp³-hybridized carbons (Fsp3) is 0.364. The zero-order valence-electron chi connectivity index (χ0n) is 10.4. The normalized spacial score (nSPS) is 10.0. The van der Waals surface area contributed by atoms with Crippen molar-refractivity contribution in [3.05, 3.63) is 33.6 Å². The van der Waals surface area contributed by atoms with Gasteiger partial charge in [0.15, 0.2) is 5.76 Å². The molecule has 0 fully saturated rings. The average molecular weight is 303 g/mol. The van der Waals surface area contributed by atoms with E-state index in [0.29, 0.717) is 31.0 Å². The van der Waals surface area contributed by atoms with Crippen LogP contribution in [0.3, 0.4) is 0 Å². The zero-order valence-corrected chi connectivity index (χ0v) is 12.0. The molecule has 0 atom stereocenters. The Bertz CT molecular complexity index is 540. The Morgan fingerprint density at radius 2 is 2.37 bits per heavy atom. The van der Waals surface area contributed by atoms with E-state index in [1.54, 1.807) is 11.4 Å². The number of hydrogen-bond acceptors (Lipinski definition) is 6. The lowest BCUT2D eigenvalue weighted by atomic mass is 10.3. The summed E-state index contributed by atoms with van der Waals surface area (Å²) in [5.41, 5.74) is 6.64. The Kier molecular flexibility index (Phi) is 5.94. The molecule has 0 bridgehead atoms. The molecule has 104 valence electrons. The molecular formula is C11H15ClN4O2S. The number of nitrogens with one attached hydrogen (secondary N) is 1. The van der Waals surface area contributed by atoms with E-state index in [4.69, 9.17) is 10.3 Å². The van der Waals surface area contributed by atoms with E-state index in [0.717, 1.165) is 10.7 Å². The van der Waals surface area contributed by atoms with Crippen molar-refractivity contribution < 1.29 is 9.32 Å². The molecule has 0 radical (unpaired) electrons. The average Bonchev–Trinajstić information content (AvgIpc) is 2.96. The lowest BCUT2D eigenvalue weighted by Gasteiger charge is -1.98. The Morgan fingerprint density at radius 3 is 3.00 bits per heavy atom. The molecule has 0 unspecified atom stereocenters. The summed E-state index contributed by atoms with van der Waals surface area (Å²) >= 11 is 1.44. The molecule has 2 aromatic rings. The highest BCUT2D eigenvalue weighted by atomic mass is 35.5. The number of thiazole rings is 1. The van der Waals surface area contributed by atoms with Crippen molar-refractivity contribution in [1.29, 1.82) is 0 Å². The summed E-state index contributed by atoms with van der Waals surface area (Å²) in [6.07, 6.45) is 0.694. The number of aryl methyl sites for hydroxylation is 1. The van der Waals surface area contributed by atoms with Gasteiger partial charge < -0.3 is 15.6 Å². The van der Waals surface area contributed by atoms with Crippen molar-refractivity contribution in [2.45, 2.75) is 19.9 Å². The molecule has 2 heterocycles. The van der Waals surface area contributed by atoms with Crippen molar-refractivity contribution in [3.8, 4) is 0 Å². The number of halogens is 1. The molecule has 2 rings (SSSR count). The second-order valence-corrected chi connectivity index (χ2v) is 4.73. The topological polar surface area (TPSA) is 94.0 Å². The smallest absolute Gasteiger partial charge is 0.271 e. The standard InChI is InChI=1S/C11H14N4O2S.ClH/c1-7-4-8(17-15-7)5-13-11(16)9-6-18-10(14-9)2-3-12;/h4,6H,2-3,5,12H2,1H3,(H,13,16);1H. The van der Waals surface area contributed by atoms with Crippen molar-refractivity contribution >= 4 is 29.7 Å². The maximum absolute atomic E-state index is 11.8. The van der Waals surface area contributed by atoms with E-state index >= 15 is 0 Å². The van der Waals surface area contributed by atoms with Crippen molar-refractivity contribution in [1.82, 2.24) is 15.5 Å². The Hall–Kier alpha value is -1.44. The molecule has 0 aliphatic rings. The number of rotatable bonds is 5. The van der Waals surface area contributed by atoms with Crippen molar-refractivity contribution in [3.63, 3.8) is 0 Å². The summed E-state index contributed by atoms with van der Waals surface area (Å²) in [4.78, 5) is 16.0. The maximum Gasteiger partial charge on any atom is 0.271 e. The summed E-state index contributed by atoms with van der Waals surface area (Å²) in [5, 5.41) is 9.07. The van der Waals surface area contributed by atoms with E-state index in [1.807, 2.05) is 6.92 Å². The van der Waals surface area contributed by atoms with Crippen LogP contribution >= 0.6 is 23.7 Å². The van der Waals surface area contributed by atoms with Crippen LogP contribution in [0.1, 0.15) is 27.0 Å². The molecule has 0 saturated carbocycles. The van der Waals surface area contributed by atoms with Crippen molar-refractivity contribution in [2.75, 3.05) is 6.54 Å². The van der Waals surface area contributed by atoms with Crippen LogP contribution in [0.5, 0.6) is 0 Å². The van der Waals surface area contributed by atoms with Gasteiger partial charge in [-0.25, -0.2) is 4.98 Å². The third-order valence-electron chi connectivity index (χ3n) is 2.24. The lowest BCUT2D eigenvalue weighted by molar-refractivity contribution is 0.0942. The van der Waals surface area contributed by atoms with Gasteiger partial charge in [-0.15, -0.1) is 23.7 Å². The summed E-state index contributed by atoms with van der Waals surface area (Å²) < 4.78 is 5.00. The molecule has 19 heavy (non-hydrogen) atoms. The quantitative estimate of drug-likeness (QED) is 0.868. The minimum Gasteiger partial charge on any atom is -0.359 e. The number of nitrogens with zero attached hydrogens (tertiary/aromatic N) is 2. The van der Waals surface area contributed by atoms with Crippen LogP contribution in [0.15, 0.2) is 16.0 Å². The van der Waals surface area contributed by atoms with Gasteiger partial charge in [-0.05, 0) is 13.5 Å². The van der Waals surface area contributed by atoms with Crippen LogP contribution in [-0.4, -0.2) is 22.6 Å². The largest absolute Gasteiger partial charge is 0.359 e. The second kappa shape index (κ2) is 7.22. The van der Waals surface area contributed by atoms with Gasteiger partial charge in [0.2, 0.25) is 0 Å². The number of aromatic nitrogens is 2. The van der Waals surface area contributed by atoms with E-state index < -0.39 is 0 Å². The van der Waals surface area contributed by atoms with E-state index in [1.165, 1.54) is 11.3 Å². The van der Waals surface area contributed by atoms with Crippen LogP contribution in [-0.2, 0) is 13.0 Å². The number of nitrogens with two attached hydrogens (primary N) is 1. The third-order valence-corrected chi connectivity index (χ3v) is 3.15. The van der Waals surface area contributed by atoms with Crippen LogP contribution < -0.4 is 11.1 Å². The maximum atomic E-state index is 11.8. The highest BCUT2D eigenvalue weighted by Gasteiger charge is 2.11. The van der Waals surface area contributed by atoms with Crippen LogP contribution in [0, 0.1) is 6.92 Å². The summed E-state index contributed by atoms with van der Waals surface area (Å²) in [5.74, 6) is 0.404. The van der Waals surface area contributed by atoms with E-state index in [9.17, 15) is 4.79 Å². The molecule has 0 aromatic carbocycles. The number of carbonyl (C=O) groups is 1. The first-order chi connectivity index (χ1) is 8.69. The Morgan fingerprint density at radius 1 is 1.58 bits per heavy atom. The molecule has 0 aliphatic carbocycles. The third kappa shape index (κ3) is 4.30. The van der Waals surface area contributed by atoms with E-state index in [-0.39, 0.29) is 18.3 Å². The fourth-order valence-corrected chi connectivity index (χ4v) is 2.21. The van der Waals surface area contributed by atoms with Gasteiger partial charge in [-0.2, -0.15) is 0 Å². The SMILES string of the molecule is Cc1cc(CNC(=O)c2csc(CCN)n2)on1.Cl. The lowest BCUT2D eigenvalue weighted by Crippen LogP contribution is -2.23. The van der Waals surface area contributed by atoms with Gasteiger partial charge in [0.1, 0.15) is 5.69 Å². The number of carbonyl (C=O) groups excluding carboxylic acids is 1. The van der Waals surface area contributed by atoms with Gasteiger partial charge in [-0.1, -0.05) is 5.16 Å². The number of hydrogen-bond donors (Lipinski definition) is 2. The second-order valence-electron chi connectivity index (χ2n) is 3.78. The van der Waals surface area contributed by atoms with Crippen LogP contribution in [0.4, 0.5) is 0 Å². The molecule has 1 amide bonds. The molecular weight excluding hydrogens is 288 g/mol. The molecule has 0 spiro atoms. The molecule has 8 heteroatoms. The van der Waals surface area contributed by atoms with Gasteiger partial charge in [0.05, 0.1) is 17.2 Å². The van der Waals surface area contributed by atoms with Gasteiger partial charge in [0.25, 0.3) is 5.91 Å². The first kappa shape index (κ1) is 15.6. The van der Waals surface area contributed by atoms with E-state index in [2.05, 4.69) is 15.5 Å². The Balaban J connectivity index is 0.00000180. The summed E-state index contributed by atoms with van der Waals surface area (Å²) in [6, 6.07) is 1.78. The molecule has 6 nitrogen and oxygen atoms in total. The zero-order chi connectivity index (χ0) is 13.0. The highest BCUT2D eigenvalue weighted by molar-refractivity contribution is 7.09. The molecule has 0 saturated heterocycles. The first-order valence-electron chi connectivity index (χ1n) is 5.54. The van der Waals surface area contributed by atoms with Gasteiger partial charge >= 0.3 is 0 Å². The predicted molar refractivity (Wildman–Crippen MR) is 74.5 cm³/mol. The summed E-state index contributed by atoms with van der Waals surface area (Å²) in [6.45, 7) is 2.67. The predicted octanol–water partition coefficient (Wildman–Crippen LogP) is 1.29. The van der Waals surface area contributed by atoms with Crippen molar-refractivity contribution in [2.24, 2.45) is 5.73 Å². The summed E-state index contributed by atoms with van der Waals surface area (Å²) in [7, 11) is 0. The fourth-order valence-electron chi connectivity index (χ4n) is 1.41. The van der Waals surface area contributed by atoms with Gasteiger partial charge in [0, 0.05) is 17.9 Å². The molecule has 2 aromatic heterocycles. The monoisotopic (exact) mass is 302 g/mol. The minimum absolute atomic E-state index is 0. The van der Waals surface area contributed by atoms with Gasteiger partial charge in [-0.3, -0.25) is 4.79 Å². The Labute approximate surface area is 120 Å². The first-order valence-corrected chi connectivity index (χ1v) is 6.42. The molecule has 0 aliphatic heterocycles. The number of amides is 1. The van der Waals surface area contributed by atoms with Crippen LogP contribution in [0.2, 0.25) is 0 Å².